The molecule has 1 nitrogen and oxygen atoms in total. The van der Waals surface area contributed by atoms with E-state index in [4.69, 9.17) is 0 Å². The van der Waals surface area contributed by atoms with Crippen molar-refractivity contribution in [3.05, 3.63) is 0 Å². The van der Waals surface area contributed by atoms with Gasteiger partial charge in [-0.25, -0.2) is 0 Å². The van der Waals surface area contributed by atoms with Crippen molar-refractivity contribution >= 4 is 12.6 Å². The summed E-state index contributed by atoms with van der Waals surface area (Å²) in [7, 11) is 4.68. The van der Waals surface area contributed by atoms with Crippen LogP contribution in [0.25, 0.3) is 0 Å². The summed E-state index contributed by atoms with van der Waals surface area (Å²) in [4.78, 5) is 0. The Morgan fingerprint density at radius 1 is 0.448 bits per heavy atom. The number of hydrogen-bond acceptors (Lipinski definition) is 1. The second-order valence-corrected chi connectivity index (χ2v) is 10.3. The van der Waals surface area contributed by atoms with Gasteiger partial charge in [0.1, 0.15) is 0 Å². The van der Waals surface area contributed by atoms with Crippen LogP contribution in [-0.4, -0.2) is 37.4 Å². The smallest absolute Gasteiger partial charge is 0.0871 e. The molecule has 0 unspecified atom stereocenters. The lowest BCUT2D eigenvalue weighted by Gasteiger charge is -2.29. The molecule has 0 heterocycles. The van der Waals surface area contributed by atoms with E-state index in [2.05, 4.69) is 33.6 Å². The Kier molecular flexibility index (Phi) is 27.3. The van der Waals surface area contributed by atoms with Gasteiger partial charge in [0.2, 0.25) is 0 Å². The van der Waals surface area contributed by atoms with Gasteiger partial charge in [-0.2, -0.15) is 12.6 Å². The number of hydrogen-bond donors (Lipinski definition) is 1. The lowest BCUT2D eigenvalue weighted by atomic mass is 10.0. The van der Waals surface area contributed by atoms with Gasteiger partial charge < -0.3 is 16.9 Å². The highest BCUT2D eigenvalue weighted by Crippen LogP contribution is 2.15. The molecule has 0 bridgehead atoms. The molecule has 0 saturated heterocycles. The van der Waals surface area contributed by atoms with Crippen LogP contribution < -0.4 is 12.4 Å². The zero-order valence-corrected chi connectivity index (χ0v) is 22.2. The van der Waals surface area contributed by atoms with E-state index < -0.39 is 0 Å². The maximum atomic E-state index is 4.36. The van der Waals surface area contributed by atoms with Gasteiger partial charge in [0, 0.05) is 5.75 Å². The Labute approximate surface area is 197 Å². The van der Waals surface area contributed by atoms with Gasteiger partial charge in [-0.3, -0.25) is 0 Å². The van der Waals surface area contributed by atoms with E-state index >= 15 is 0 Å². The zero-order chi connectivity index (χ0) is 20.8. The summed E-state index contributed by atoms with van der Waals surface area (Å²) in [6, 6.07) is 0. The Morgan fingerprint density at radius 2 is 0.724 bits per heavy atom. The lowest BCUT2D eigenvalue weighted by molar-refractivity contribution is -0.888. The molecule has 29 heavy (non-hydrogen) atoms. The number of nitrogens with zero attached hydrogens (tertiary/aromatic N) is 1. The normalized spacial score (nSPS) is 11.6. The Balaban J connectivity index is 0. The fourth-order valence-electron chi connectivity index (χ4n) is 4.18. The highest BCUT2D eigenvalue weighted by atomic mass is 35.5. The highest BCUT2D eigenvalue weighted by molar-refractivity contribution is 7.80. The first-order chi connectivity index (χ1) is 13.6. The minimum atomic E-state index is 0. The Bertz CT molecular complexity index is 296. The SMILES string of the molecule is CCCCCCCCCCCCCCCCCCCCCC[N+](C)(C)CCS.[Cl-]. The first-order valence-corrected chi connectivity index (χ1v) is 13.7. The van der Waals surface area contributed by atoms with E-state index in [1.807, 2.05) is 0 Å². The molecule has 0 amide bonds. The van der Waals surface area contributed by atoms with Gasteiger partial charge in [0.05, 0.1) is 27.2 Å². The van der Waals surface area contributed by atoms with Crippen LogP contribution in [0.3, 0.4) is 0 Å². The predicted octanol–water partition coefficient (Wildman–Crippen LogP) is 5.82. The van der Waals surface area contributed by atoms with Gasteiger partial charge in [0.25, 0.3) is 0 Å². The molecule has 0 spiro atoms. The third-order valence-corrected chi connectivity index (χ3v) is 6.52. The summed E-state index contributed by atoms with van der Waals surface area (Å²) in [5, 5.41) is 0. The maximum absolute atomic E-state index is 4.36. The fraction of sp³-hybridized carbons (Fsp3) is 1.00. The Morgan fingerprint density at radius 3 is 1.00 bits per heavy atom. The van der Waals surface area contributed by atoms with Gasteiger partial charge in [-0.1, -0.05) is 122 Å². The average molecular weight is 450 g/mol. The number of thiol groups is 1. The highest BCUT2D eigenvalue weighted by Gasteiger charge is 2.12. The fourth-order valence-corrected chi connectivity index (χ4v) is 4.72. The van der Waals surface area contributed by atoms with Gasteiger partial charge >= 0.3 is 0 Å². The minimum Gasteiger partial charge on any atom is -1.00 e. The second-order valence-electron chi connectivity index (χ2n) is 9.82. The van der Waals surface area contributed by atoms with Crippen LogP contribution in [-0.2, 0) is 0 Å². The molecule has 178 valence electrons. The summed E-state index contributed by atoms with van der Waals surface area (Å²) in [5.74, 6) is 1.01. The molecule has 0 rings (SSSR count). The van der Waals surface area contributed by atoms with Crippen LogP contribution in [0.5, 0.6) is 0 Å². The summed E-state index contributed by atoms with van der Waals surface area (Å²) >= 11 is 4.36. The van der Waals surface area contributed by atoms with Gasteiger partial charge in [-0.15, -0.1) is 0 Å². The average Bonchev–Trinajstić information content (AvgIpc) is 2.66. The van der Waals surface area contributed by atoms with Crippen molar-refractivity contribution in [2.75, 3.05) is 32.9 Å². The molecule has 0 aliphatic rings. The number of rotatable bonds is 23. The molecule has 0 aliphatic carbocycles. The van der Waals surface area contributed by atoms with Crippen molar-refractivity contribution in [1.29, 1.82) is 0 Å². The molecule has 0 aromatic rings. The van der Waals surface area contributed by atoms with Crippen molar-refractivity contribution in [2.45, 2.75) is 135 Å². The van der Waals surface area contributed by atoms with Crippen LogP contribution in [0, 0.1) is 0 Å². The third kappa shape index (κ3) is 26.6. The van der Waals surface area contributed by atoms with Crippen LogP contribution in [0.15, 0.2) is 0 Å². The van der Waals surface area contributed by atoms with Gasteiger partial charge in [-0.05, 0) is 12.8 Å². The predicted molar refractivity (Wildman–Crippen MR) is 134 cm³/mol. The van der Waals surface area contributed by atoms with Crippen molar-refractivity contribution < 1.29 is 16.9 Å². The molecule has 0 N–H and O–H groups in total. The molecule has 0 fully saturated rings. The van der Waals surface area contributed by atoms with Crippen molar-refractivity contribution in [2.24, 2.45) is 0 Å². The monoisotopic (exact) mass is 449 g/mol. The Hall–Kier alpha value is 0.600. The standard InChI is InChI=1S/C26H55NS.ClH/c1-4-5-6-7-8-9-10-11-12-13-14-15-16-17-18-19-20-21-22-23-24-27(2,3)25-26-28;/h4-26H2,1-3H3;1H. The maximum Gasteiger partial charge on any atom is 0.0871 e. The van der Waals surface area contributed by atoms with E-state index in [0.717, 1.165) is 10.2 Å². The van der Waals surface area contributed by atoms with E-state index in [-0.39, 0.29) is 12.4 Å². The van der Waals surface area contributed by atoms with Crippen LogP contribution in [0.2, 0.25) is 0 Å². The molecule has 0 aromatic carbocycles. The summed E-state index contributed by atoms with van der Waals surface area (Å²) < 4.78 is 1.14. The third-order valence-electron chi connectivity index (χ3n) is 6.32. The summed E-state index contributed by atoms with van der Waals surface area (Å²) in [6.45, 7) is 4.82. The molecule has 0 aliphatic heterocycles. The van der Waals surface area contributed by atoms with E-state index in [0.29, 0.717) is 0 Å². The van der Waals surface area contributed by atoms with E-state index in [1.54, 1.807) is 0 Å². The van der Waals surface area contributed by atoms with Crippen LogP contribution in [0.1, 0.15) is 135 Å². The van der Waals surface area contributed by atoms with E-state index in [1.165, 1.54) is 142 Å². The summed E-state index contributed by atoms with van der Waals surface area (Å²) in [6.07, 6.45) is 29.2. The van der Waals surface area contributed by atoms with E-state index in [9.17, 15) is 0 Å². The first-order valence-electron chi connectivity index (χ1n) is 13.1. The van der Waals surface area contributed by atoms with Gasteiger partial charge in [0.15, 0.2) is 0 Å². The molecule has 3 heteroatoms. The molecule has 0 aromatic heterocycles. The second kappa shape index (κ2) is 24.9. The zero-order valence-electron chi connectivity index (χ0n) is 20.5. The number of quaternary nitrogens is 1. The number of halogens is 1. The largest absolute Gasteiger partial charge is 1.00 e. The topological polar surface area (TPSA) is 0 Å². The molecular weight excluding hydrogens is 394 g/mol. The van der Waals surface area contributed by atoms with Crippen LogP contribution in [0.4, 0.5) is 0 Å². The molecular formula is C26H56ClNS. The molecule has 0 radical (unpaired) electrons. The first kappa shape index (κ1) is 31.8. The lowest BCUT2D eigenvalue weighted by Crippen LogP contribution is -3.00. The van der Waals surface area contributed by atoms with Crippen LogP contribution >= 0.6 is 12.6 Å². The van der Waals surface area contributed by atoms with Crippen molar-refractivity contribution in [3.63, 3.8) is 0 Å². The minimum absolute atomic E-state index is 0. The quantitative estimate of drug-likeness (QED) is 0.113. The molecule has 0 atom stereocenters. The molecule has 0 saturated carbocycles. The summed E-state index contributed by atoms with van der Waals surface area (Å²) in [5.41, 5.74) is 0. The van der Waals surface area contributed by atoms with Crippen molar-refractivity contribution in [1.82, 2.24) is 0 Å². The number of unbranched alkanes of at least 4 members (excludes halogenated alkanes) is 19. The van der Waals surface area contributed by atoms with Crippen molar-refractivity contribution in [3.8, 4) is 0 Å².